The second-order valence-corrected chi connectivity index (χ2v) is 7.39. The molecule has 0 heterocycles. The van der Waals surface area contributed by atoms with Crippen LogP contribution in [0.5, 0.6) is 5.75 Å². The van der Waals surface area contributed by atoms with Gasteiger partial charge in [-0.15, -0.1) is 0 Å². The summed E-state index contributed by atoms with van der Waals surface area (Å²) in [5, 5.41) is 14.8. The molecule has 1 fully saturated rings. The van der Waals surface area contributed by atoms with Gasteiger partial charge in [-0.3, -0.25) is 14.9 Å². The van der Waals surface area contributed by atoms with Crippen molar-refractivity contribution >= 4 is 17.3 Å². The molecule has 1 aromatic carbocycles. The maximum atomic E-state index is 11.8. The molecule has 1 aliphatic rings. The highest BCUT2D eigenvalue weighted by Gasteiger charge is 2.28. The fourth-order valence-corrected chi connectivity index (χ4v) is 2.92. The lowest BCUT2D eigenvalue weighted by Gasteiger charge is -2.34. The van der Waals surface area contributed by atoms with E-state index in [-0.39, 0.29) is 18.2 Å². The predicted molar refractivity (Wildman–Crippen MR) is 95.6 cm³/mol. The monoisotopic (exact) mass is 347 g/mol. The molecule has 0 aromatic heterocycles. The highest BCUT2D eigenvalue weighted by atomic mass is 16.6. The van der Waals surface area contributed by atoms with Gasteiger partial charge in [0.1, 0.15) is 5.75 Å². The second-order valence-electron chi connectivity index (χ2n) is 7.39. The minimum Gasteiger partial charge on any atom is -0.484 e. The van der Waals surface area contributed by atoms with E-state index in [2.05, 4.69) is 31.3 Å². The topological polar surface area (TPSA) is 93.8 Å². The van der Waals surface area contributed by atoms with Crippen molar-refractivity contribution in [1.82, 2.24) is 5.43 Å². The van der Waals surface area contributed by atoms with Crippen molar-refractivity contribution in [2.75, 3.05) is 6.61 Å². The first-order valence-corrected chi connectivity index (χ1v) is 8.47. The van der Waals surface area contributed by atoms with Gasteiger partial charge in [-0.1, -0.05) is 20.8 Å². The Kier molecular flexibility index (Phi) is 6.12. The number of ether oxygens (including phenoxy) is 1. The first-order chi connectivity index (χ1) is 11.8. The molecule has 1 aliphatic carbocycles. The van der Waals surface area contributed by atoms with Gasteiger partial charge in [-0.2, -0.15) is 5.10 Å². The molecule has 1 N–H and O–H groups in total. The van der Waals surface area contributed by atoms with E-state index in [1.165, 1.54) is 24.3 Å². The normalized spacial score (nSPS) is 17.7. The van der Waals surface area contributed by atoms with Crippen LogP contribution in [0.15, 0.2) is 29.4 Å². The fraction of sp³-hybridized carbons (Fsp3) is 0.556. The van der Waals surface area contributed by atoms with E-state index in [4.69, 9.17) is 4.74 Å². The number of nitro groups is 1. The van der Waals surface area contributed by atoms with Gasteiger partial charge in [-0.05, 0) is 49.1 Å². The SMILES string of the molecule is CC(C)(C)C1CCC(=NNC(=O)COc2ccc([N+](=O)[O-])cc2)CC1. The van der Waals surface area contributed by atoms with E-state index < -0.39 is 4.92 Å². The summed E-state index contributed by atoms with van der Waals surface area (Å²) in [6, 6.07) is 5.60. The standard InChI is InChI=1S/C18H25N3O4/c1-18(2,3)13-4-6-14(7-5-13)19-20-17(22)12-25-16-10-8-15(9-11-16)21(23)24/h8-11,13H,4-7,12H2,1-3H3,(H,20,22). The minimum atomic E-state index is -0.485. The molecule has 0 spiro atoms. The van der Waals surface area contributed by atoms with Gasteiger partial charge in [-0.25, -0.2) is 5.43 Å². The zero-order valence-corrected chi connectivity index (χ0v) is 14.9. The third-order valence-corrected chi connectivity index (χ3v) is 4.54. The number of carbonyl (C=O) groups excluding carboxylic acids is 1. The summed E-state index contributed by atoms with van der Waals surface area (Å²) in [6.45, 7) is 6.60. The molecular formula is C18H25N3O4. The summed E-state index contributed by atoms with van der Waals surface area (Å²) < 4.78 is 5.30. The molecule has 0 aliphatic heterocycles. The molecule has 136 valence electrons. The van der Waals surface area contributed by atoms with Crippen LogP contribution in [0.3, 0.4) is 0 Å². The van der Waals surface area contributed by atoms with Crippen molar-refractivity contribution < 1.29 is 14.5 Å². The van der Waals surface area contributed by atoms with Crippen LogP contribution in [0.25, 0.3) is 0 Å². The number of nitrogens with one attached hydrogen (secondary N) is 1. The van der Waals surface area contributed by atoms with E-state index >= 15 is 0 Å². The Hall–Kier alpha value is -2.44. The van der Waals surface area contributed by atoms with E-state index in [1.54, 1.807) is 0 Å². The molecule has 0 atom stereocenters. The maximum absolute atomic E-state index is 11.8. The van der Waals surface area contributed by atoms with E-state index in [0.717, 1.165) is 31.4 Å². The Morgan fingerprint density at radius 1 is 1.28 bits per heavy atom. The molecule has 0 radical (unpaired) electrons. The van der Waals surface area contributed by atoms with Crippen LogP contribution < -0.4 is 10.2 Å². The van der Waals surface area contributed by atoms with Gasteiger partial charge in [0.05, 0.1) is 4.92 Å². The van der Waals surface area contributed by atoms with Gasteiger partial charge >= 0.3 is 0 Å². The molecule has 0 unspecified atom stereocenters. The lowest BCUT2D eigenvalue weighted by Crippen LogP contribution is -2.29. The Morgan fingerprint density at radius 2 is 1.88 bits per heavy atom. The predicted octanol–water partition coefficient (Wildman–Crippen LogP) is 3.68. The zero-order valence-electron chi connectivity index (χ0n) is 14.9. The summed E-state index contributed by atoms with van der Waals surface area (Å²) >= 11 is 0. The minimum absolute atomic E-state index is 0.0194. The average molecular weight is 347 g/mol. The Labute approximate surface area is 147 Å². The molecule has 25 heavy (non-hydrogen) atoms. The van der Waals surface area contributed by atoms with Gasteiger partial charge in [0.15, 0.2) is 6.61 Å². The van der Waals surface area contributed by atoms with Crippen molar-refractivity contribution in [3.8, 4) is 5.75 Å². The van der Waals surface area contributed by atoms with Gasteiger partial charge in [0, 0.05) is 17.8 Å². The molecule has 7 heteroatoms. The summed E-state index contributed by atoms with van der Waals surface area (Å²) in [5.74, 6) is 0.746. The van der Waals surface area contributed by atoms with E-state index in [1.807, 2.05) is 0 Å². The largest absolute Gasteiger partial charge is 0.484 e. The number of benzene rings is 1. The first kappa shape index (κ1) is 18.9. The Balaban J connectivity index is 1.75. The number of hydrazone groups is 1. The van der Waals surface area contributed by atoms with Gasteiger partial charge < -0.3 is 4.74 Å². The van der Waals surface area contributed by atoms with Crippen LogP contribution in [0, 0.1) is 21.4 Å². The lowest BCUT2D eigenvalue weighted by molar-refractivity contribution is -0.384. The first-order valence-electron chi connectivity index (χ1n) is 8.47. The van der Waals surface area contributed by atoms with Gasteiger partial charge in [0.2, 0.25) is 0 Å². The molecule has 1 aromatic rings. The maximum Gasteiger partial charge on any atom is 0.277 e. The summed E-state index contributed by atoms with van der Waals surface area (Å²) in [7, 11) is 0. The number of non-ortho nitro benzene ring substituents is 1. The second kappa shape index (κ2) is 8.09. The number of nitro benzene ring substituents is 1. The highest BCUT2D eigenvalue weighted by Crippen LogP contribution is 2.36. The average Bonchev–Trinajstić information content (AvgIpc) is 2.58. The Bertz CT molecular complexity index is 637. The third kappa shape index (κ3) is 5.85. The number of hydrogen-bond acceptors (Lipinski definition) is 5. The third-order valence-electron chi connectivity index (χ3n) is 4.54. The summed E-state index contributed by atoms with van der Waals surface area (Å²) in [6.07, 6.45) is 4.01. The molecule has 0 saturated heterocycles. The van der Waals surface area contributed by atoms with Crippen molar-refractivity contribution in [3.63, 3.8) is 0 Å². The van der Waals surface area contributed by atoms with Crippen LogP contribution in [-0.4, -0.2) is 23.1 Å². The quantitative estimate of drug-likeness (QED) is 0.649. The molecule has 1 saturated carbocycles. The molecular weight excluding hydrogens is 322 g/mol. The van der Waals surface area contributed by atoms with Crippen molar-refractivity contribution in [1.29, 1.82) is 0 Å². The van der Waals surface area contributed by atoms with Crippen molar-refractivity contribution in [2.24, 2.45) is 16.4 Å². The molecule has 0 bridgehead atoms. The van der Waals surface area contributed by atoms with Crippen LogP contribution in [-0.2, 0) is 4.79 Å². The van der Waals surface area contributed by atoms with Crippen LogP contribution in [0.1, 0.15) is 46.5 Å². The molecule has 7 nitrogen and oxygen atoms in total. The van der Waals surface area contributed by atoms with Gasteiger partial charge in [0.25, 0.3) is 11.6 Å². The number of rotatable bonds is 5. The smallest absolute Gasteiger partial charge is 0.277 e. The lowest BCUT2D eigenvalue weighted by atomic mass is 9.72. The molecule has 1 amide bonds. The highest BCUT2D eigenvalue weighted by molar-refractivity contribution is 5.87. The van der Waals surface area contributed by atoms with Crippen molar-refractivity contribution in [2.45, 2.75) is 46.5 Å². The van der Waals surface area contributed by atoms with Crippen molar-refractivity contribution in [3.05, 3.63) is 34.4 Å². The zero-order chi connectivity index (χ0) is 18.4. The van der Waals surface area contributed by atoms with E-state index in [9.17, 15) is 14.9 Å². The van der Waals surface area contributed by atoms with E-state index in [0.29, 0.717) is 17.1 Å². The van der Waals surface area contributed by atoms with Crippen LogP contribution in [0.4, 0.5) is 5.69 Å². The summed E-state index contributed by atoms with van der Waals surface area (Å²) in [4.78, 5) is 21.9. The van der Waals surface area contributed by atoms with Crippen LogP contribution in [0.2, 0.25) is 0 Å². The number of hydrogen-bond donors (Lipinski definition) is 1. The number of amides is 1. The summed E-state index contributed by atoms with van der Waals surface area (Å²) in [5.41, 5.74) is 3.83. The molecule has 2 rings (SSSR count). The van der Waals surface area contributed by atoms with Crippen LogP contribution >= 0.6 is 0 Å². The fourth-order valence-electron chi connectivity index (χ4n) is 2.92. The number of carbonyl (C=O) groups is 1. The number of nitrogens with zero attached hydrogens (tertiary/aromatic N) is 2. The Morgan fingerprint density at radius 3 is 2.40 bits per heavy atom.